The SMILES string of the molecule is C1=CCC=CC(N2COc3ccccc3C2)=C1.C=C/C=C(\C=C/C)N1COc2ccccc2C1. The molecule has 0 saturated carbocycles. The van der Waals surface area contributed by atoms with E-state index in [0.29, 0.717) is 13.5 Å². The molecule has 0 spiro atoms. The van der Waals surface area contributed by atoms with Crippen molar-refractivity contribution in [1.29, 1.82) is 0 Å². The van der Waals surface area contributed by atoms with Crippen LogP contribution in [0.5, 0.6) is 11.5 Å². The van der Waals surface area contributed by atoms with Crippen LogP contribution in [0.15, 0.2) is 121 Å². The lowest BCUT2D eigenvalue weighted by Gasteiger charge is -2.31. The van der Waals surface area contributed by atoms with Crippen molar-refractivity contribution < 1.29 is 9.47 Å². The third-order valence-corrected chi connectivity index (χ3v) is 5.74. The maximum absolute atomic E-state index is 5.76. The quantitative estimate of drug-likeness (QED) is 0.481. The molecule has 2 aromatic carbocycles. The monoisotopic (exact) mass is 452 g/mol. The number of hydrogen-bond donors (Lipinski definition) is 0. The highest BCUT2D eigenvalue weighted by Crippen LogP contribution is 2.28. The molecule has 3 aliphatic rings. The fourth-order valence-electron chi connectivity index (χ4n) is 4.02. The van der Waals surface area contributed by atoms with Gasteiger partial charge in [0, 0.05) is 35.6 Å². The van der Waals surface area contributed by atoms with E-state index in [-0.39, 0.29) is 0 Å². The van der Waals surface area contributed by atoms with Crippen LogP contribution in [0.3, 0.4) is 0 Å². The summed E-state index contributed by atoms with van der Waals surface area (Å²) in [6.45, 7) is 8.76. The van der Waals surface area contributed by atoms with Crippen molar-refractivity contribution in [1.82, 2.24) is 9.80 Å². The Kier molecular flexibility index (Phi) is 8.07. The minimum Gasteiger partial charge on any atom is -0.473 e. The van der Waals surface area contributed by atoms with Crippen LogP contribution in [-0.2, 0) is 13.1 Å². The van der Waals surface area contributed by atoms with Gasteiger partial charge in [-0.3, -0.25) is 0 Å². The van der Waals surface area contributed by atoms with Gasteiger partial charge >= 0.3 is 0 Å². The number of ether oxygens (including phenoxy) is 2. The van der Waals surface area contributed by atoms with Gasteiger partial charge in [-0.2, -0.15) is 0 Å². The first-order valence-corrected chi connectivity index (χ1v) is 11.7. The Hall–Kier alpha value is -3.92. The van der Waals surface area contributed by atoms with Crippen LogP contribution in [0.25, 0.3) is 0 Å². The Bertz CT molecular complexity index is 1080. The summed E-state index contributed by atoms with van der Waals surface area (Å²) in [5.74, 6) is 2.00. The number of benzene rings is 2. The third-order valence-electron chi connectivity index (χ3n) is 5.74. The largest absolute Gasteiger partial charge is 0.473 e. The van der Waals surface area contributed by atoms with E-state index in [1.807, 2.05) is 49.4 Å². The van der Waals surface area contributed by atoms with Gasteiger partial charge in [-0.1, -0.05) is 73.4 Å². The van der Waals surface area contributed by atoms with E-state index in [4.69, 9.17) is 9.47 Å². The van der Waals surface area contributed by atoms with Crippen molar-refractivity contribution >= 4 is 0 Å². The van der Waals surface area contributed by atoms with Crippen molar-refractivity contribution in [3.8, 4) is 11.5 Å². The van der Waals surface area contributed by atoms with E-state index >= 15 is 0 Å². The zero-order chi connectivity index (χ0) is 23.6. The first kappa shape index (κ1) is 23.2. The number of rotatable bonds is 4. The maximum atomic E-state index is 5.76. The lowest BCUT2D eigenvalue weighted by Crippen LogP contribution is -2.30. The van der Waals surface area contributed by atoms with Gasteiger partial charge in [0.25, 0.3) is 0 Å². The molecular formula is C30H32N2O2. The molecule has 174 valence electrons. The highest BCUT2D eigenvalue weighted by atomic mass is 16.5. The molecular weight excluding hydrogens is 420 g/mol. The van der Waals surface area contributed by atoms with Crippen LogP contribution in [0.4, 0.5) is 0 Å². The van der Waals surface area contributed by atoms with E-state index < -0.39 is 0 Å². The minimum absolute atomic E-state index is 0.584. The van der Waals surface area contributed by atoms with Crippen molar-refractivity contribution in [3.05, 3.63) is 132 Å². The lowest BCUT2D eigenvalue weighted by molar-refractivity contribution is 0.132. The summed E-state index contributed by atoms with van der Waals surface area (Å²) in [4.78, 5) is 4.43. The van der Waals surface area contributed by atoms with Crippen molar-refractivity contribution in [2.45, 2.75) is 26.4 Å². The molecule has 34 heavy (non-hydrogen) atoms. The predicted octanol–water partition coefficient (Wildman–Crippen LogP) is 6.72. The topological polar surface area (TPSA) is 24.9 Å². The second-order valence-corrected chi connectivity index (χ2v) is 8.14. The zero-order valence-corrected chi connectivity index (χ0v) is 19.8. The summed E-state index contributed by atoms with van der Waals surface area (Å²) in [7, 11) is 0. The molecule has 0 amide bonds. The molecule has 5 rings (SSSR count). The first-order valence-electron chi connectivity index (χ1n) is 11.7. The molecule has 0 aromatic heterocycles. The lowest BCUT2D eigenvalue weighted by atomic mass is 10.1. The van der Waals surface area contributed by atoms with Gasteiger partial charge in [-0.25, -0.2) is 0 Å². The van der Waals surface area contributed by atoms with E-state index in [2.05, 4.69) is 71.0 Å². The molecule has 0 atom stereocenters. The molecule has 2 heterocycles. The Morgan fingerprint density at radius 1 is 0.912 bits per heavy atom. The Morgan fingerprint density at radius 3 is 2.35 bits per heavy atom. The zero-order valence-electron chi connectivity index (χ0n) is 19.8. The summed E-state index contributed by atoms with van der Waals surface area (Å²) >= 11 is 0. The molecule has 0 unspecified atom stereocenters. The third kappa shape index (κ3) is 5.90. The normalized spacial score (nSPS) is 16.9. The average Bonchev–Trinajstić information content (AvgIpc) is 3.18. The number of hydrogen-bond acceptors (Lipinski definition) is 4. The van der Waals surface area contributed by atoms with E-state index in [1.54, 1.807) is 6.08 Å². The molecule has 0 radical (unpaired) electrons. The van der Waals surface area contributed by atoms with Crippen molar-refractivity contribution in [2.75, 3.05) is 13.5 Å². The van der Waals surface area contributed by atoms with E-state index in [1.165, 1.54) is 16.8 Å². The van der Waals surface area contributed by atoms with Crippen LogP contribution < -0.4 is 9.47 Å². The van der Waals surface area contributed by atoms with Gasteiger partial charge in [0.2, 0.25) is 0 Å². The van der Waals surface area contributed by atoms with Crippen LogP contribution in [0.2, 0.25) is 0 Å². The minimum atomic E-state index is 0.584. The number of nitrogens with zero attached hydrogens (tertiary/aromatic N) is 2. The van der Waals surface area contributed by atoms with Crippen LogP contribution in [-0.4, -0.2) is 23.3 Å². The Labute approximate surface area is 203 Å². The van der Waals surface area contributed by atoms with Gasteiger partial charge in [0.05, 0.1) is 0 Å². The fraction of sp³-hybridized carbons (Fsp3) is 0.200. The smallest absolute Gasteiger partial charge is 0.161 e. The van der Waals surface area contributed by atoms with Crippen LogP contribution >= 0.6 is 0 Å². The standard InChI is InChI=1S/C15H15NO.C15H17NO/c1-2-4-9-14(8-3-1)16-11-13-7-5-6-10-15(13)17-12-16;1-3-7-14(8-4-2)16-11-13-9-5-6-10-15(13)17-12-16/h1,3-10H,2,11-12H2;3-10H,1,11-12H2,2H3/b;8-4-,14-7+. The highest BCUT2D eigenvalue weighted by Gasteiger charge is 2.18. The number of allylic oxidation sites excluding steroid dienone is 9. The van der Waals surface area contributed by atoms with E-state index in [0.717, 1.165) is 36.7 Å². The summed E-state index contributed by atoms with van der Waals surface area (Å²) in [6, 6.07) is 16.4. The van der Waals surface area contributed by atoms with Gasteiger partial charge in [0.15, 0.2) is 13.5 Å². The number of fused-ring (bicyclic) bond motifs is 2. The summed E-state index contributed by atoms with van der Waals surface area (Å²) in [5.41, 5.74) is 4.81. The first-order chi connectivity index (χ1) is 16.8. The summed E-state index contributed by atoms with van der Waals surface area (Å²) in [6.07, 6.45) is 19.6. The van der Waals surface area contributed by atoms with Crippen LogP contribution in [0.1, 0.15) is 24.5 Å². The predicted molar refractivity (Wildman–Crippen MR) is 139 cm³/mol. The Balaban J connectivity index is 0.000000161. The molecule has 0 bridgehead atoms. The summed E-state index contributed by atoms with van der Waals surface area (Å²) in [5, 5.41) is 0. The second-order valence-electron chi connectivity index (χ2n) is 8.14. The van der Waals surface area contributed by atoms with Gasteiger partial charge in [-0.05, 0) is 49.8 Å². The van der Waals surface area contributed by atoms with Gasteiger partial charge in [0.1, 0.15) is 11.5 Å². The van der Waals surface area contributed by atoms with Crippen molar-refractivity contribution in [2.24, 2.45) is 0 Å². The van der Waals surface area contributed by atoms with Crippen molar-refractivity contribution in [3.63, 3.8) is 0 Å². The molecule has 2 aliphatic heterocycles. The van der Waals surface area contributed by atoms with Crippen LogP contribution in [0, 0.1) is 0 Å². The highest BCUT2D eigenvalue weighted by molar-refractivity contribution is 5.37. The molecule has 0 saturated heterocycles. The van der Waals surface area contributed by atoms with Gasteiger partial charge < -0.3 is 19.3 Å². The molecule has 4 heteroatoms. The summed E-state index contributed by atoms with van der Waals surface area (Å²) < 4.78 is 11.5. The number of para-hydroxylation sites is 2. The van der Waals surface area contributed by atoms with Gasteiger partial charge in [-0.15, -0.1) is 0 Å². The fourth-order valence-corrected chi connectivity index (χ4v) is 4.02. The molecule has 0 fully saturated rings. The molecule has 0 N–H and O–H groups in total. The Morgan fingerprint density at radius 2 is 1.62 bits per heavy atom. The second kappa shape index (κ2) is 11.8. The molecule has 1 aliphatic carbocycles. The molecule has 4 nitrogen and oxygen atoms in total. The van der Waals surface area contributed by atoms with E-state index in [9.17, 15) is 0 Å². The molecule has 2 aromatic rings. The average molecular weight is 453 g/mol. The maximum Gasteiger partial charge on any atom is 0.161 e.